The van der Waals surface area contributed by atoms with Gasteiger partial charge in [-0.1, -0.05) is 47.7 Å². The molecule has 1 aromatic heterocycles. The Balaban J connectivity index is 1.79. The van der Waals surface area contributed by atoms with Gasteiger partial charge in [-0.15, -0.1) is 0 Å². The van der Waals surface area contributed by atoms with E-state index in [1.807, 2.05) is 73.9 Å². The molecule has 118 valence electrons. The zero-order valence-corrected chi connectivity index (χ0v) is 13.9. The molecule has 0 spiro atoms. The van der Waals surface area contributed by atoms with Crippen molar-refractivity contribution in [3.8, 4) is 5.88 Å². The standard InChI is InChI=1S/C19H15N3OS/c1-22-18(23)17(24-19(22)21-14-7-3-2-4-8-14)11-13-12-20-16-10-6-5-9-15(13)16/h2-12,23H,1H3. The Hall–Kier alpha value is -2.92. The van der Waals surface area contributed by atoms with Gasteiger partial charge in [0, 0.05) is 24.4 Å². The highest BCUT2D eigenvalue weighted by atomic mass is 32.1. The molecular formula is C19H15N3OS. The average molecular weight is 333 g/mol. The fraction of sp³-hybridized carbons (Fsp3) is 0.0526. The van der Waals surface area contributed by atoms with Crippen molar-refractivity contribution in [1.82, 2.24) is 4.57 Å². The SMILES string of the molecule is Cn1c(O)c(C=C2C=Nc3ccccc32)sc1=Nc1ccccc1. The van der Waals surface area contributed by atoms with Gasteiger partial charge in [-0.05, 0) is 24.3 Å². The number of nitrogens with zero attached hydrogens (tertiary/aromatic N) is 3. The maximum absolute atomic E-state index is 10.4. The highest BCUT2D eigenvalue weighted by molar-refractivity contribution is 7.10. The van der Waals surface area contributed by atoms with E-state index < -0.39 is 0 Å². The molecule has 0 aliphatic carbocycles. The van der Waals surface area contributed by atoms with E-state index in [0.29, 0.717) is 0 Å². The van der Waals surface area contributed by atoms with Crippen molar-refractivity contribution in [2.45, 2.75) is 0 Å². The maximum atomic E-state index is 10.4. The molecular weight excluding hydrogens is 318 g/mol. The molecule has 1 aliphatic heterocycles. The van der Waals surface area contributed by atoms with Crippen LogP contribution in [0.2, 0.25) is 0 Å². The molecule has 0 saturated heterocycles. The molecule has 1 N–H and O–H groups in total. The van der Waals surface area contributed by atoms with E-state index in [1.165, 1.54) is 11.3 Å². The second-order valence-corrected chi connectivity index (χ2v) is 6.46. The van der Waals surface area contributed by atoms with Crippen LogP contribution in [0.3, 0.4) is 0 Å². The van der Waals surface area contributed by atoms with Crippen LogP contribution < -0.4 is 4.80 Å². The summed E-state index contributed by atoms with van der Waals surface area (Å²) < 4.78 is 1.70. The van der Waals surface area contributed by atoms with Crippen LogP contribution in [0, 0.1) is 0 Å². The minimum Gasteiger partial charge on any atom is -0.493 e. The van der Waals surface area contributed by atoms with Gasteiger partial charge in [-0.2, -0.15) is 0 Å². The van der Waals surface area contributed by atoms with Crippen LogP contribution >= 0.6 is 11.3 Å². The van der Waals surface area contributed by atoms with Crippen molar-refractivity contribution in [2.24, 2.45) is 17.0 Å². The summed E-state index contributed by atoms with van der Waals surface area (Å²) in [5.74, 6) is 0.208. The van der Waals surface area contributed by atoms with E-state index in [9.17, 15) is 5.11 Å². The molecule has 0 unspecified atom stereocenters. The van der Waals surface area contributed by atoms with Crippen molar-refractivity contribution in [3.05, 3.63) is 69.8 Å². The first-order valence-electron chi connectivity index (χ1n) is 7.56. The quantitative estimate of drug-likeness (QED) is 0.747. The summed E-state index contributed by atoms with van der Waals surface area (Å²) in [6, 6.07) is 17.7. The number of hydrogen-bond acceptors (Lipinski definition) is 4. The Labute approximate surface area is 143 Å². The van der Waals surface area contributed by atoms with E-state index in [1.54, 1.807) is 4.57 Å². The van der Waals surface area contributed by atoms with Crippen molar-refractivity contribution >= 4 is 40.6 Å². The summed E-state index contributed by atoms with van der Waals surface area (Å²) in [6.07, 6.45) is 3.79. The lowest BCUT2D eigenvalue weighted by Crippen LogP contribution is -2.08. The van der Waals surface area contributed by atoms with Crippen molar-refractivity contribution in [1.29, 1.82) is 0 Å². The third kappa shape index (κ3) is 2.59. The summed E-state index contributed by atoms with van der Waals surface area (Å²) in [4.78, 5) is 10.5. The van der Waals surface area contributed by atoms with Crippen LogP contribution in [-0.4, -0.2) is 15.9 Å². The first kappa shape index (κ1) is 14.7. The normalized spacial score (nSPS) is 15.2. The number of benzene rings is 2. The number of rotatable bonds is 2. The molecule has 24 heavy (non-hydrogen) atoms. The highest BCUT2D eigenvalue weighted by Crippen LogP contribution is 2.34. The minimum atomic E-state index is 0.208. The van der Waals surface area contributed by atoms with Gasteiger partial charge in [-0.25, -0.2) is 4.99 Å². The number of fused-ring (bicyclic) bond motifs is 1. The topological polar surface area (TPSA) is 49.9 Å². The van der Waals surface area contributed by atoms with Crippen LogP contribution in [0.15, 0.2) is 64.6 Å². The Morgan fingerprint density at radius 2 is 1.83 bits per heavy atom. The minimum absolute atomic E-state index is 0.208. The molecule has 4 nitrogen and oxygen atoms in total. The summed E-state index contributed by atoms with van der Waals surface area (Å²) >= 11 is 1.45. The Bertz CT molecular complexity index is 1030. The van der Waals surface area contributed by atoms with Gasteiger partial charge < -0.3 is 5.11 Å². The number of aromatic hydroxyl groups is 1. The Kier molecular flexibility index (Phi) is 3.63. The number of thiazole rings is 1. The van der Waals surface area contributed by atoms with Crippen molar-refractivity contribution < 1.29 is 5.11 Å². The largest absolute Gasteiger partial charge is 0.493 e. The van der Waals surface area contributed by atoms with Gasteiger partial charge in [0.15, 0.2) is 4.80 Å². The van der Waals surface area contributed by atoms with Crippen LogP contribution in [0.25, 0.3) is 11.6 Å². The molecule has 3 aromatic rings. The monoisotopic (exact) mass is 333 g/mol. The fourth-order valence-corrected chi connectivity index (χ4v) is 3.55. The molecule has 0 fully saturated rings. The number of hydrogen-bond donors (Lipinski definition) is 1. The summed E-state index contributed by atoms with van der Waals surface area (Å²) in [7, 11) is 1.81. The molecule has 2 heterocycles. The molecule has 1 aliphatic rings. The zero-order valence-electron chi connectivity index (χ0n) is 13.0. The van der Waals surface area contributed by atoms with E-state index in [4.69, 9.17) is 0 Å². The predicted molar refractivity (Wildman–Crippen MR) is 99.1 cm³/mol. The smallest absolute Gasteiger partial charge is 0.210 e. The van der Waals surface area contributed by atoms with E-state index in [0.717, 1.165) is 32.2 Å². The Morgan fingerprint density at radius 3 is 2.67 bits per heavy atom. The van der Waals surface area contributed by atoms with E-state index in [-0.39, 0.29) is 5.88 Å². The zero-order chi connectivity index (χ0) is 16.5. The number of aliphatic imine (C=N–C) groups is 1. The highest BCUT2D eigenvalue weighted by Gasteiger charge is 2.14. The lowest BCUT2D eigenvalue weighted by molar-refractivity contribution is 0.427. The summed E-state index contributed by atoms with van der Waals surface area (Å²) in [5.41, 5.74) is 3.89. The van der Waals surface area contributed by atoms with E-state index >= 15 is 0 Å². The van der Waals surface area contributed by atoms with Gasteiger partial charge >= 0.3 is 0 Å². The fourth-order valence-electron chi connectivity index (χ4n) is 2.57. The summed E-state index contributed by atoms with van der Waals surface area (Å²) in [5, 5.41) is 10.4. The summed E-state index contributed by atoms with van der Waals surface area (Å²) in [6.45, 7) is 0. The van der Waals surface area contributed by atoms with Gasteiger partial charge in [0.1, 0.15) is 0 Å². The lowest BCUT2D eigenvalue weighted by atomic mass is 10.1. The number of aromatic nitrogens is 1. The van der Waals surface area contributed by atoms with Crippen molar-refractivity contribution in [2.75, 3.05) is 0 Å². The molecule has 2 aromatic carbocycles. The van der Waals surface area contributed by atoms with Gasteiger partial charge in [0.2, 0.25) is 5.88 Å². The first-order chi connectivity index (χ1) is 11.7. The lowest BCUT2D eigenvalue weighted by Gasteiger charge is -1.98. The Morgan fingerprint density at radius 1 is 1.08 bits per heavy atom. The van der Waals surface area contributed by atoms with Crippen LogP contribution in [-0.2, 0) is 7.05 Å². The van der Waals surface area contributed by atoms with Crippen LogP contribution in [0.5, 0.6) is 5.88 Å². The molecule has 0 atom stereocenters. The molecule has 5 heteroatoms. The predicted octanol–water partition coefficient (Wildman–Crippen LogP) is 4.28. The number of para-hydroxylation sites is 2. The van der Waals surface area contributed by atoms with Crippen LogP contribution in [0.1, 0.15) is 10.4 Å². The molecule has 0 saturated carbocycles. The van der Waals surface area contributed by atoms with E-state index in [2.05, 4.69) is 9.98 Å². The second-order valence-electron chi connectivity index (χ2n) is 5.45. The molecule has 0 amide bonds. The first-order valence-corrected chi connectivity index (χ1v) is 8.38. The molecule has 4 rings (SSSR count). The van der Waals surface area contributed by atoms with Gasteiger partial charge in [-0.3, -0.25) is 9.56 Å². The average Bonchev–Trinajstić information content (AvgIpc) is 3.13. The number of allylic oxidation sites excluding steroid dienone is 1. The van der Waals surface area contributed by atoms with Gasteiger partial charge in [0.25, 0.3) is 0 Å². The van der Waals surface area contributed by atoms with Crippen molar-refractivity contribution in [3.63, 3.8) is 0 Å². The molecule has 0 radical (unpaired) electrons. The second kappa shape index (κ2) is 5.94. The van der Waals surface area contributed by atoms with Crippen LogP contribution in [0.4, 0.5) is 11.4 Å². The third-order valence-electron chi connectivity index (χ3n) is 3.85. The molecule has 0 bridgehead atoms. The third-order valence-corrected chi connectivity index (χ3v) is 4.92. The maximum Gasteiger partial charge on any atom is 0.210 e. The van der Waals surface area contributed by atoms with Gasteiger partial charge in [0.05, 0.1) is 16.3 Å².